The summed E-state index contributed by atoms with van der Waals surface area (Å²) in [6, 6.07) is 31.2. The number of nitrogens with one attached hydrogen (secondary N) is 8. The monoisotopic (exact) mass is 2120 g/mol. The number of alkyl halides is 3. The molecule has 5 aromatic carbocycles. The molecule has 15 aliphatic rings. The average Bonchev–Trinajstić information content (AvgIpc) is 1.42. The normalized spacial score (nSPS) is 25.9. The van der Waals surface area contributed by atoms with E-state index in [2.05, 4.69) is 74.2 Å². The van der Waals surface area contributed by atoms with Crippen LogP contribution < -0.4 is 60.9 Å². The molecule has 10 aromatic rings. The van der Waals surface area contributed by atoms with Crippen LogP contribution in [0.4, 0.5) is 36.6 Å². The van der Waals surface area contributed by atoms with Crippen LogP contribution >= 0.6 is 58.0 Å². The molecule has 0 saturated heterocycles. The van der Waals surface area contributed by atoms with Crippen LogP contribution in [0.1, 0.15) is 234 Å². The number of aromatic amines is 1. The lowest BCUT2D eigenvalue weighted by Crippen LogP contribution is -2.75. The molecule has 0 aliphatic heterocycles. The number of rotatable bonds is 35. The summed E-state index contributed by atoms with van der Waals surface area (Å²) in [6.07, 6.45) is 27.4. The number of pyridine rings is 2. The number of ketones is 3. The van der Waals surface area contributed by atoms with Gasteiger partial charge in [-0.05, 0) is 279 Å². The Bertz CT molecular complexity index is 6550. The molecule has 15 aliphatic carbocycles. The first-order chi connectivity index (χ1) is 69.7. The number of amides is 6. The minimum absolute atomic E-state index is 0.00699. The summed E-state index contributed by atoms with van der Waals surface area (Å²) < 4.78 is 122. The topological polar surface area (TPSA) is 369 Å². The number of ether oxygens (including phenoxy) is 5. The predicted octanol–water partition coefficient (Wildman–Crippen LogP) is 20.4. The molecular weight excluding hydrogens is 2020 g/mol. The highest BCUT2D eigenvalue weighted by atomic mass is 35.5. The van der Waals surface area contributed by atoms with Gasteiger partial charge in [0.2, 0.25) is 0 Å². The number of Topliss-reactive ketones (excluding diaryl/α,β-unsaturated/α-hetero) is 3. The summed E-state index contributed by atoms with van der Waals surface area (Å²) in [5, 5.41) is 26.5. The van der Waals surface area contributed by atoms with Crippen molar-refractivity contribution in [1.29, 1.82) is 0 Å². The molecule has 3 atom stereocenters. The largest absolute Gasteiger partial charge is 0.486 e. The maximum Gasteiger partial charge on any atom is 0.272 e. The molecule has 147 heavy (non-hydrogen) atoms. The quantitative estimate of drug-likeness (QED) is 0.0135. The highest BCUT2D eigenvalue weighted by Gasteiger charge is 2.71. The Labute approximate surface area is 869 Å². The Morgan fingerprint density at radius 1 is 0.456 bits per heavy atom. The van der Waals surface area contributed by atoms with Crippen molar-refractivity contribution in [1.82, 2.24) is 66.6 Å². The van der Waals surface area contributed by atoms with Gasteiger partial charge >= 0.3 is 0 Å². The number of halogens is 12. The third-order valence-electron chi connectivity index (χ3n) is 30.2. The van der Waals surface area contributed by atoms with E-state index in [4.69, 9.17) is 81.7 Å². The lowest BCUT2D eigenvalue weighted by atomic mass is 9.38. The second-order valence-electron chi connectivity index (χ2n) is 41.8. The fourth-order valence-electron chi connectivity index (χ4n) is 23.4. The molecule has 5 heterocycles. The zero-order valence-corrected chi connectivity index (χ0v) is 85.3. The SMILES string of the molecule is CC(F)n1cc(C(=O)CC23CC(NC(=O)COc4ccc(Cl)c(F)c4)(C2)C3)cn1.C[C@H]1CC2(NC(=O)c3ccc(C(C)(F)F)cn3)CCC1(NC(=O)COc1ccc(Cl)c(F)c1)CC2.C[C@H]1CC2(NC(=O)c3ccccn3)CCC1(NC(=O)COc1ccc(Cl)c(F)c1)CC2.Cc1c[nH]c(C(=O)CC23CC(NC(=O)COc4ccc(Cl)c(F)c4)(C2)C3)c1.Cc1cc(OCC(=O)CC23CC(Nc4cnccn4)(C2)C3)ccc1Cl. The lowest BCUT2D eigenvalue weighted by molar-refractivity contribution is -0.165. The van der Waals surface area contributed by atoms with Gasteiger partial charge in [-0.25, -0.2) is 40.4 Å². The Hall–Kier alpha value is -12.4. The molecule has 40 heteroatoms. The second-order valence-corrected chi connectivity index (χ2v) is 43.9. The third kappa shape index (κ3) is 25.4. The van der Waals surface area contributed by atoms with Crippen LogP contribution in [0, 0.1) is 65.2 Å². The van der Waals surface area contributed by atoms with Crippen molar-refractivity contribution in [2.45, 2.75) is 234 Å². The number of carbonyl (C=O) groups excluding carboxylic acids is 9. The summed E-state index contributed by atoms with van der Waals surface area (Å²) in [7, 11) is 0. The van der Waals surface area contributed by atoms with Crippen LogP contribution in [0.25, 0.3) is 0 Å². The van der Waals surface area contributed by atoms with E-state index in [1.165, 1.54) is 80.0 Å². The molecule has 10 bridgehead atoms. The number of aryl methyl sites for hydroxylation is 2. The Kier molecular flexibility index (Phi) is 31.7. The molecule has 0 radical (unpaired) electrons. The molecular formula is C107H112Cl5F7N14O14. The van der Waals surface area contributed by atoms with Crippen LogP contribution in [0.2, 0.25) is 25.1 Å². The molecule has 0 spiro atoms. The molecule has 8 N–H and O–H groups in total. The fourth-order valence-corrected chi connectivity index (χ4v) is 23.9. The van der Waals surface area contributed by atoms with Gasteiger partial charge in [-0.3, -0.25) is 58.1 Å². The average molecular weight is 2130 g/mol. The number of aromatic nitrogens is 7. The van der Waals surface area contributed by atoms with Crippen molar-refractivity contribution < 1.29 is 97.6 Å². The highest BCUT2D eigenvalue weighted by molar-refractivity contribution is 6.32. The van der Waals surface area contributed by atoms with E-state index in [0.717, 1.165) is 149 Å². The minimum Gasteiger partial charge on any atom is -0.486 e. The number of benzene rings is 5. The van der Waals surface area contributed by atoms with E-state index in [9.17, 15) is 73.9 Å². The van der Waals surface area contributed by atoms with Gasteiger partial charge in [0, 0.05) is 137 Å². The van der Waals surface area contributed by atoms with E-state index in [1.54, 1.807) is 55.1 Å². The number of hydrogen-bond donors (Lipinski definition) is 8. The van der Waals surface area contributed by atoms with Crippen molar-refractivity contribution in [2.75, 3.05) is 38.4 Å². The van der Waals surface area contributed by atoms with Crippen LogP contribution in [-0.4, -0.2) is 159 Å². The number of anilines is 1. The standard InChI is InChI=1S/C25H27ClF3N3O3.C23H25ClFN3O3.C20H20ClF2N3O3.C20H20ClFN2O3.C19H20ClN3O2/c1-15-12-24(32-22(34)20-6-3-16(13-30-20)23(2,28)29)7-9-25(15,10-8-24)31-21(33)14-35-17-4-5-18(26)19(27)11-17;1-15-13-22(28-21(30)19-4-2-3-11-26-19)7-9-23(15,10-8-22)27-20(29)14-31-16-5-6-17(24)18(25)12-16;1-12(22)26-7-13(6-24-26)17(27)5-19-9-20(10-19,11-19)25-18(28)8-29-14-2-3-15(21)16(23)4-14;1-12-4-16(23-7-12)17(25)6-19-9-20(10-19,11-19)24-18(26)8-27-13-2-3-14(21)15(22)5-13;1-13-6-15(2-3-16(13)20)25-9-14(24)7-18-10-19(11-18,12-18)23-17-8-21-4-5-22-17/h3-6,11,13,15H,7-10,12,14H2,1-2H3,(H,31,33)(H,32,34);2-6,11-12,15H,7-10,13-14H2,1H3,(H,27,29)(H,28,30);2-4,6-7,12H,5,8-11H2,1H3,(H,25,28);2-5,7,23H,6,8-11H2,1H3,(H,24,26);2-6,8H,7,9-12H2,1H3,(H,22,23)/t15-,24?,25?;15-,22?,23?;;;/m00.../s1. The maximum absolute atomic E-state index is 13.6. The highest BCUT2D eigenvalue weighted by Crippen LogP contribution is 2.71. The lowest BCUT2D eigenvalue weighted by Gasteiger charge is -2.70. The summed E-state index contributed by atoms with van der Waals surface area (Å²) in [6.45, 7) is 9.39. The molecule has 778 valence electrons. The predicted molar refractivity (Wildman–Crippen MR) is 534 cm³/mol. The summed E-state index contributed by atoms with van der Waals surface area (Å²) in [5.74, 6) is -4.13. The van der Waals surface area contributed by atoms with E-state index in [-0.39, 0.29) is 190 Å². The number of fused-ring (bicyclic) bond motifs is 6. The number of nitrogens with zero attached hydrogens (tertiary/aromatic N) is 6. The first kappa shape index (κ1) is 107. The first-order valence-electron chi connectivity index (χ1n) is 48.5. The molecule has 1 unspecified atom stereocenters. The minimum atomic E-state index is -3.02. The zero-order valence-electron chi connectivity index (χ0n) is 81.5. The molecule has 15 fully saturated rings. The van der Waals surface area contributed by atoms with Gasteiger partial charge in [0.25, 0.3) is 41.4 Å². The molecule has 25 rings (SSSR count). The van der Waals surface area contributed by atoms with Crippen molar-refractivity contribution in [3.8, 4) is 28.7 Å². The summed E-state index contributed by atoms with van der Waals surface area (Å²) >= 11 is 28.6. The molecule has 5 aromatic heterocycles. The maximum atomic E-state index is 13.6. The zero-order chi connectivity index (χ0) is 105. The van der Waals surface area contributed by atoms with E-state index >= 15 is 0 Å². The van der Waals surface area contributed by atoms with Gasteiger partial charge in [0.15, 0.2) is 50.1 Å². The van der Waals surface area contributed by atoms with Gasteiger partial charge in [-0.15, -0.1) is 0 Å². The van der Waals surface area contributed by atoms with Gasteiger partial charge < -0.3 is 65.9 Å². The van der Waals surface area contributed by atoms with Gasteiger partial charge in [0.1, 0.15) is 75.8 Å². The Balaban J connectivity index is 0.000000132. The van der Waals surface area contributed by atoms with Crippen LogP contribution in [0.5, 0.6) is 28.7 Å². The van der Waals surface area contributed by atoms with Crippen molar-refractivity contribution in [3.63, 3.8) is 0 Å². The number of carbonyl (C=O) groups is 9. The van der Waals surface area contributed by atoms with Crippen molar-refractivity contribution >= 4 is 117 Å². The van der Waals surface area contributed by atoms with Crippen LogP contribution in [0.15, 0.2) is 177 Å². The van der Waals surface area contributed by atoms with Crippen LogP contribution in [0.3, 0.4) is 0 Å². The fraction of sp³-hybridized carbons (Fsp3) is 0.439. The van der Waals surface area contributed by atoms with Gasteiger partial charge in [-0.1, -0.05) is 77.9 Å². The molecule has 6 amide bonds. The smallest absolute Gasteiger partial charge is 0.272 e. The molecule has 15 saturated carbocycles. The van der Waals surface area contributed by atoms with E-state index in [1.807, 2.05) is 39.1 Å². The van der Waals surface area contributed by atoms with Crippen molar-refractivity contribution in [3.05, 3.63) is 265 Å². The third-order valence-corrected chi connectivity index (χ3v) is 31.9. The summed E-state index contributed by atoms with van der Waals surface area (Å²) in [5.41, 5.74) is 1.56. The van der Waals surface area contributed by atoms with Gasteiger partial charge in [-0.2, -0.15) is 5.10 Å². The Morgan fingerprint density at radius 2 is 0.878 bits per heavy atom. The van der Waals surface area contributed by atoms with E-state index in [0.29, 0.717) is 79.1 Å². The summed E-state index contributed by atoms with van der Waals surface area (Å²) in [4.78, 5) is 131. The van der Waals surface area contributed by atoms with Crippen LogP contribution in [-0.2, 0) is 29.9 Å². The molecule has 28 nitrogen and oxygen atoms in total. The van der Waals surface area contributed by atoms with Gasteiger partial charge in [0.05, 0.1) is 43.7 Å². The first-order valence-corrected chi connectivity index (χ1v) is 50.4. The number of H-pyrrole nitrogens is 1. The number of hydrogen-bond acceptors (Lipinski definition) is 20. The van der Waals surface area contributed by atoms with E-state index < -0.39 is 52.5 Å². The van der Waals surface area contributed by atoms with Crippen molar-refractivity contribution in [2.24, 2.45) is 28.1 Å². The Morgan fingerprint density at radius 3 is 1.26 bits per heavy atom. The second kappa shape index (κ2) is 43.4.